The van der Waals surface area contributed by atoms with Gasteiger partial charge in [0.15, 0.2) is 0 Å². The maximum Gasteiger partial charge on any atom is 0.119 e. The van der Waals surface area contributed by atoms with Crippen LogP contribution < -0.4 is 4.74 Å². The van der Waals surface area contributed by atoms with Crippen molar-refractivity contribution in [3.8, 4) is 5.75 Å². The fourth-order valence-electron chi connectivity index (χ4n) is 2.04. The van der Waals surface area contributed by atoms with Crippen LogP contribution in [0.25, 0.3) is 0 Å². The molecule has 1 rings (SSSR count). The van der Waals surface area contributed by atoms with Crippen molar-refractivity contribution in [1.29, 1.82) is 0 Å². The fraction of sp³-hybridized carbons (Fsp3) is 0.600. The Morgan fingerprint density at radius 1 is 1.28 bits per heavy atom. The summed E-state index contributed by atoms with van der Waals surface area (Å²) >= 11 is 0. The molecule has 0 aromatic heterocycles. The van der Waals surface area contributed by atoms with Crippen LogP contribution >= 0.6 is 0 Å². The lowest BCUT2D eigenvalue weighted by Crippen LogP contribution is -2.35. The third-order valence-corrected chi connectivity index (χ3v) is 2.90. The number of hydrogen-bond donors (Lipinski definition) is 0. The minimum atomic E-state index is 0.372. The van der Waals surface area contributed by atoms with Crippen LogP contribution in [0.15, 0.2) is 24.3 Å². The Bertz CT molecular complexity index is 335. The van der Waals surface area contributed by atoms with Gasteiger partial charge in [-0.3, -0.25) is 4.84 Å². The Balaban J connectivity index is 2.62. The third-order valence-electron chi connectivity index (χ3n) is 2.90. The van der Waals surface area contributed by atoms with Gasteiger partial charge in [-0.15, -0.1) is 0 Å². The van der Waals surface area contributed by atoms with Crippen LogP contribution in [0, 0.1) is 0 Å². The SMILES string of the molecule is CCCN(OCC)C(C)Cc1cccc(OC)c1. The number of hydrogen-bond acceptors (Lipinski definition) is 3. The van der Waals surface area contributed by atoms with E-state index in [2.05, 4.69) is 31.0 Å². The van der Waals surface area contributed by atoms with E-state index in [0.717, 1.165) is 31.7 Å². The number of methoxy groups -OCH3 is 1. The molecule has 1 unspecified atom stereocenters. The van der Waals surface area contributed by atoms with Gasteiger partial charge >= 0.3 is 0 Å². The van der Waals surface area contributed by atoms with E-state index in [-0.39, 0.29) is 0 Å². The Morgan fingerprint density at radius 2 is 2.06 bits per heavy atom. The molecule has 0 bridgehead atoms. The molecule has 0 saturated heterocycles. The van der Waals surface area contributed by atoms with Crippen LogP contribution in [0.5, 0.6) is 5.75 Å². The minimum Gasteiger partial charge on any atom is -0.497 e. The van der Waals surface area contributed by atoms with Gasteiger partial charge in [0.1, 0.15) is 5.75 Å². The highest BCUT2D eigenvalue weighted by Gasteiger charge is 2.14. The zero-order valence-corrected chi connectivity index (χ0v) is 12.0. The van der Waals surface area contributed by atoms with Crippen molar-refractivity contribution in [2.75, 3.05) is 20.3 Å². The summed E-state index contributed by atoms with van der Waals surface area (Å²) in [4.78, 5) is 5.68. The molecule has 0 N–H and O–H groups in total. The lowest BCUT2D eigenvalue weighted by molar-refractivity contribution is -0.178. The summed E-state index contributed by atoms with van der Waals surface area (Å²) < 4.78 is 5.25. The molecule has 0 heterocycles. The van der Waals surface area contributed by atoms with Crippen LogP contribution in [0.4, 0.5) is 0 Å². The largest absolute Gasteiger partial charge is 0.497 e. The molecule has 18 heavy (non-hydrogen) atoms. The third kappa shape index (κ3) is 4.67. The van der Waals surface area contributed by atoms with Gasteiger partial charge in [-0.25, -0.2) is 0 Å². The summed E-state index contributed by atoms with van der Waals surface area (Å²) in [7, 11) is 1.70. The van der Waals surface area contributed by atoms with Crippen LogP contribution in [0.2, 0.25) is 0 Å². The van der Waals surface area contributed by atoms with Crippen molar-refractivity contribution in [3.63, 3.8) is 0 Å². The van der Waals surface area contributed by atoms with Gasteiger partial charge in [0, 0.05) is 12.6 Å². The van der Waals surface area contributed by atoms with Gasteiger partial charge in [-0.05, 0) is 44.4 Å². The molecular formula is C15H25NO2. The van der Waals surface area contributed by atoms with Gasteiger partial charge < -0.3 is 4.74 Å². The highest BCUT2D eigenvalue weighted by molar-refractivity contribution is 5.28. The van der Waals surface area contributed by atoms with E-state index in [4.69, 9.17) is 9.57 Å². The zero-order chi connectivity index (χ0) is 13.4. The Kier molecular flexibility index (Phi) is 6.76. The van der Waals surface area contributed by atoms with E-state index < -0.39 is 0 Å². The molecule has 0 saturated carbocycles. The normalized spacial score (nSPS) is 12.7. The zero-order valence-electron chi connectivity index (χ0n) is 12.0. The summed E-state index contributed by atoms with van der Waals surface area (Å²) in [5.74, 6) is 0.915. The second-order valence-electron chi connectivity index (χ2n) is 4.46. The maximum atomic E-state index is 5.68. The molecule has 3 heteroatoms. The summed E-state index contributed by atoms with van der Waals surface area (Å²) in [5, 5.41) is 2.08. The van der Waals surface area contributed by atoms with E-state index in [1.165, 1.54) is 5.56 Å². The quantitative estimate of drug-likeness (QED) is 0.662. The monoisotopic (exact) mass is 251 g/mol. The average molecular weight is 251 g/mol. The minimum absolute atomic E-state index is 0.372. The molecule has 0 aliphatic rings. The van der Waals surface area contributed by atoms with E-state index >= 15 is 0 Å². The van der Waals surface area contributed by atoms with Gasteiger partial charge in [-0.2, -0.15) is 5.06 Å². The van der Waals surface area contributed by atoms with E-state index in [1.54, 1.807) is 7.11 Å². The maximum absolute atomic E-state index is 5.68. The van der Waals surface area contributed by atoms with Crippen molar-refractivity contribution in [3.05, 3.63) is 29.8 Å². The highest BCUT2D eigenvalue weighted by Crippen LogP contribution is 2.16. The Labute approximate surface area is 111 Å². The second kappa shape index (κ2) is 8.11. The predicted octanol–water partition coefficient (Wildman–Crippen LogP) is 3.29. The summed E-state index contributed by atoms with van der Waals surface area (Å²) in [6, 6.07) is 8.60. The molecule has 0 amide bonds. The van der Waals surface area contributed by atoms with E-state index in [0.29, 0.717) is 6.04 Å². The average Bonchev–Trinajstić information content (AvgIpc) is 2.38. The molecule has 3 nitrogen and oxygen atoms in total. The van der Waals surface area contributed by atoms with Crippen LogP contribution in [0.1, 0.15) is 32.8 Å². The smallest absolute Gasteiger partial charge is 0.119 e. The predicted molar refractivity (Wildman–Crippen MR) is 74.8 cm³/mol. The van der Waals surface area contributed by atoms with Gasteiger partial charge in [0.2, 0.25) is 0 Å². The standard InChI is InChI=1S/C15H25NO2/c1-5-10-16(18-6-2)13(3)11-14-8-7-9-15(12-14)17-4/h7-9,12-13H,5-6,10-11H2,1-4H3. The van der Waals surface area contributed by atoms with Crippen molar-refractivity contribution < 1.29 is 9.57 Å². The number of nitrogens with zero attached hydrogens (tertiary/aromatic N) is 1. The molecule has 1 atom stereocenters. The number of benzene rings is 1. The van der Waals surface area contributed by atoms with Gasteiger partial charge in [-0.1, -0.05) is 19.1 Å². The van der Waals surface area contributed by atoms with Crippen LogP contribution in [-0.2, 0) is 11.3 Å². The molecule has 1 aromatic rings. The molecular weight excluding hydrogens is 226 g/mol. The highest BCUT2D eigenvalue weighted by atomic mass is 16.7. The molecule has 102 valence electrons. The number of hydroxylamine groups is 2. The van der Waals surface area contributed by atoms with E-state index in [1.807, 2.05) is 19.1 Å². The number of ether oxygens (including phenoxy) is 1. The summed E-state index contributed by atoms with van der Waals surface area (Å²) in [6.45, 7) is 8.09. The Morgan fingerprint density at radius 3 is 2.67 bits per heavy atom. The molecule has 0 aliphatic carbocycles. The first-order chi connectivity index (χ1) is 8.71. The topological polar surface area (TPSA) is 21.7 Å². The van der Waals surface area contributed by atoms with Crippen molar-refractivity contribution in [2.45, 2.75) is 39.7 Å². The van der Waals surface area contributed by atoms with Crippen molar-refractivity contribution in [2.24, 2.45) is 0 Å². The van der Waals surface area contributed by atoms with Gasteiger partial charge in [0.25, 0.3) is 0 Å². The first-order valence-electron chi connectivity index (χ1n) is 6.73. The fourth-order valence-corrected chi connectivity index (χ4v) is 2.04. The molecule has 0 radical (unpaired) electrons. The molecule has 1 aromatic carbocycles. The second-order valence-corrected chi connectivity index (χ2v) is 4.46. The lowest BCUT2D eigenvalue weighted by atomic mass is 10.1. The van der Waals surface area contributed by atoms with Crippen LogP contribution in [-0.4, -0.2) is 31.4 Å². The molecule has 0 spiro atoms. The first-order valence-corrected chi connectivity index (χ1v) is 6.73. The summed E-state index contributed by atoms with van der Waals surface area (Å²) in [5.41, 5.74) is 1.28. The first kappa shape index (κ1) is 15.0. The molecule has 0 fully saturated rings. The lowest BCUT2D eigenvalue weighted by Gasteiger charge is -2.27. The summed E-state index contributed by atoms with van der Waals surface area (Å²) in [6.07, 6.45) is 2.07. The van der Waals surface area contributed by atoms with Gasteiger partial charge in [0.05, 0.1) is 13.7 Å². The molecule has 0 aliphatic heterocycles. The Hall–Kier alpha value is -1.06. The van der Waals surface area contributed by atoms with E-state index in [9.17, 15) is 0 Å². The van der Waals surface area contributed by atoms with Crippen LogP contribution in [0.3, 0.4) is 0 Å². The van der Waals surface area contributed by atoms with Crippen molar-refractivity contribution >= 4 is 0 Å². The number of rotatable bonds is 8. The van der Waals surface area contributed by atoms with Crippen molar-refractivity contribution in [1.82, 2.24) is 5.06 Å².